The number of hydrogen-bond donors (Lipinski definition) is 7. The normalized spacial score (nSPS) is 25.6. The van der Waals surface area contributed by atoms with E-state index in [1.165, 1.54) is 49.6 Å². The van der Waals surface area contributed by atoms with Crippen LogP contribution in [0.1, 0.15) is 88.0 Å². The molecule has 2 fully saturated rings. The Hall–Kier alpha value is -7.82. The SMILES string of the molecule is COc1ccc(C[C@@H]2NC(=O)[C@H](C)NC(=O)[C@@H]3CCCN3C(=O)[C@H](CC3=C4CC(F)=CC=C4N=C3)NC(=O)[C@H](Cc3cccc4ccccc34)NC(=O)[C@@H](C)NC(=O)[C@H](C)NC(=O)CCSCc3cccc(c3)CSCCNC[C@@H]3CCCN3C2=O)cc1. The summed E-state index contributed by atoms with van der Waals surface area (Å²) in [6.45, 7) is 6.43. The first kappa shape index (κ1) is 64.6. The van der Waals surface area contributed by atoms with Crippen LogP contribution >= 0.6 is 23.5 Å². The van der Waals surface area contributed by atoms with Crippen LogP contribution in [0.25, 0.3) is 10.8 Å². The van der Waals surface area contributed by atoms with Gasteiger partial charge in [0.1, 0.15) is 53.9 Å². The topological polar surface area (TPSA) is 249 Å². The van der Waals surface area contributed by atoms with Gasteiger partial charge in [-0.05, 0) is 115 Å². The van der Waals surface area contributed by atoms with Gasteiger partial charge in [0, 0.05) is 93.6 Å². The zero-order chi connectivity index (χ0) is 62.3. The number of fused-ring (bicyclic) bond motifs is 6. The Balaban J connectivity index is 0.981. The molecule has 88 heavy (non-hydrogen) atoms. The summed E-state index contributed by atoms with van der Waals surface area (Å²) in [5, 5.41) is 22.2. The van der Waals surface area contributed by atoms with Crippen LogP contribution in [0.4, 0.5) is 4.39 Å². The van der Waals surface area contributed by atoms with Crippen LogP contribution < -0.4 is 42.0 Å². The van der Waals surface area contributed by atoms with Gasteiger partial charge < -0.3 is 51.8 Å². The van der Waals surface area contributed by atoms with Crippen LogP contribution in [0, 0.1) is 0 Å². The van der Waals surface area contributed by atoms with Crippen LogP contribution in [-0.4, -0.2) is 156 Å². The Morgan fingerprint density at radius 2 is 1.25 bits per heavy atom. The molecule has 8 atom stereocenters. The molecule has 466 valence electrons. The third-order valence-electron chi connectivity index (χ3n) is 16.6. The van der Waals surface area contributed by atoms with E-state index in [-0.39, 0.29) is 62.9 Å². The van der Waals surface area contributed by atoms with E-state index >= 15 is 9.59 Å². The molecule has 0 spiro atoms. The molecule has 22 heteroatoms. The molecule has 19 nitrogen and oxygen atoms in total. The number of carbonyl (C=O) groups is 8. The molecule has 4 aliphatic heterocycles. The van der Waals surface area contributed by atoms with Crippen LogP contribution in [-0.2, 0) is 62.7 Å². The van der Waals surface area contributed by atoms with Crippen molar-refractivity contribution in [3.05, 3.63) is 148 Å². The quantitative estimate of drug-likeness (QED) is 0.119. The summed E-state index contributed by atoms with van der Waals surface area (Å²) < 4.78 is 20.3. The fraction of sp³-hybridized carbons (Fsp3) is 0.439. The Morgan fingerprint density at radius 1 is 0.625 bits per heavy atom. The third kappa shape index (κ3) is 17.1. The number of nitrogens with zero attached hydrogens (tertiary/aromatic N) is 3. The number of allylic oxidation sites excluding steroid dienone is 4. The molecule has 7 N–H and O–H groups in total. The molecule has 4 heterocycles. The molecule has 0 saturated carbocycles. The minimum absolute atomic E-state index is 0.0507. The molecule has 0 radical (unpaired) electrons. The molecule has 0 aromatic heterocycles. The van der Waals surface area contributed by atoms with Crippen molar-refractivity contribution in [2.75, 3.05) is 44.8 Å². The number of rotatable bonds is 7. The lowest BCUT2D eigenvalue weighted by Gasteiger charge is -2.31. The van der Waals surface area contributed by atoms with E-state index in [0.29, 0.717) is 59.2 Å². The van der Waals surface area contributed by atoms with E-state index in [9.17, 15) is 33.2 Å². The predicted molar refractivity (Wildman–Crippen MR) is 341 cm³/mol. The number of benzene rings is 4. The summed E-state index contributed by atoms with van der Waals surface area (Å²) >= 11 is 3.40. The van der Waals surface area contributed by atoms with Gasteiger partial charge >= 0.3 is 0 Å². The molecule has 1 aliphatic carbocycles. The number of hydrogen-bond acceptors (Lipinski definition) is 13. The smallest absolute Gasteiger partial charge is 0.246 e. The summed E-state index contributed by atoms with van der Waals surface area (Å²) in [6, 6.07) is 20.5. The van der Waals surface area contributed by atoms with Crippen molar-refractivity contribution in [1.29, 1.82) is 0 Å². The maximum Gasteiger partial charge on any atom is 0.246 e. The predicted octanol–water partition coefficient (Wildman–Crippen LogP) is 5.66. The molecule has 5 aliphatic rings. The molecule has 9 rings (SSSR count). The van der Waals surface area contributed by atoms with Crippen LogP contribution in [0.2, 0.25) is 0 Å². The zero-order valence-electron chi connectivity index (χ0n) is 50.2. The fourth-order valence-electron chi connectivity index (χ4n) is 11.7. The van der Waals surface area contributed by atoms with E-state index in [0.717, 1.165) is 52.8 Å². The first-order valence-corrected chi connectivity index (χ1v) is 32.6. The van der Waals surface area contributed by atoms with Gasteiger partial charge in [-0.1, -0.05) is 78.9 Å². The molecular weight excluding hydrogens is 1160 g/mol. The number of nitrogens with one attached hydrogen (secondary N) is 7. The highest BCUT2D eigenvalue weighted by Gasteiger charge is 2.41. The van der Waals surface area contributed by atoms with E-state index in [1.807, 2.05) is 65.6 Å². The van der Waals surface area contributed by atoms with E-state index < -0.39 is 83.6 Å². The first-order valence-electron chi connectivity index (χ1n) is 30.3. The fourth-order valence-corrected chi connectivity index (χ4v) is 13.5. The molecule has 8 amide bonds. The van der Waals surface area contributed by atoms with Crippen molar-refractivity contribution < 1.29 is 47.5 Å². The maximum atomic E-state index is 15.3. The van der Waals surface area contributed by atoms with Gasteiger partial charge in [-0.25, -0.2) is 4.39 Å². The van der Waals surface area contributed by atoms with E-state index in [1.54, 1.807) is 42.8 Å². The summed E-state index contributed by atoms with van der Waals surface area (Å²) in [5.41, 5.74) is 5.33. The molecule has 4 aromatic carbocycles. The van der Waals surface area contributed by atoms with Crippen molar-refractivity contribution >= 4 is 87.8 Å². The lowest BCUT2D eigenvalue weighted by Crippen LogP contribution is -2.60. The molecule has 2 bridgehead atoms. The van der Waals surface area contributed by atoms with Gasteiger partial charge in [0.25, 0.3) is 0 Å². The highest BCUT2D eigenvalue weighted by molar-refractivity contribution is 7.98. The summed E-state index contributed by atoms with van der Waals surface area (Å²) in [5.74, 6) is -1.47. The number of aliphatic imine (C=N–C) groups is 1. The summed E-state index contributed by atoms with van der Waals surface area (Å²) in [4.78, 5) is 123. The van der Waals surface area contributed by atoms with Crippen LogP contribution in [0.5, 0.6) is 5.75 Å². The first-order chi connectivity index (χ1) is 42.5. The zero-order valence-corrected chi connectivity index (χ0v) is 51.9. The summed E-state index contributed by atoms with van der Waals surface area (Å²) in [6.07, 6.45) is 6.64. The Labute approximate surface area is 521 Å². The van der Waals surface area contributed by atoms with Gasteiger partial charge in [-0.15, -0.1) is 0 Å². The minimum atomic E-state index is -1.38. The molecule has 4 aromatic rings. The van der Waals surface area contributed by atoms with Gasteiger partial charge in [0.2, 0.25) is 47.3 Å². The number of methoxy groups -OCH3 is 1. The van der Waals surface area contributed by atoms with E-state index in [2.05, 4.69) is 60.4 Å². The lowest BCUT2D eigenvalue weighted by atomic mass is 9.94. The van der Waals surface area contributed by atoms with Gasteiger partial charge in [0.15, 0.2) is 0 Å². The average Bonchev–Trinajstić information content (AvgIpc) is 3.61. The minimum Gasteiger partial charge on any atom is -0.497 e. The monoisotopic (exact) mass is 1240 g/mol. The third-order valence-corrected chi connectivity index (χ3v) is 18.7. The van der Waals surface area contributed by atoms with Crippen molar-refractivity contribution in [3.63, 3.8) is 0 Å². The van der Waals surface area contributed by atoms with Crippen LogP contribution in [0.3, 0.4) is 0 Å². The van der Waals surface area contributed by atoms with Crippen LogP contribution in [0.15, 0.2) is 131 Å². The Kier molecular flexibility index (Phi) is 22.7. The van der Waals surface area contributed by atoms with Gasteiger partial charge in [0.05, 0.1) is 12.8 Å². The average molecular weight is 1240 g/mol. The van der Waals surface area contributed by atoms with E-state index in [4.69, 9.17) is 4.74 Å². The van der Waals surface area contributed by atoms with Gasteiger partial charge in [-0.2, -0.15) is 23.5 Å². The van der Waals surface area contributed by atoms with Crippen molar-refractivity contribution in [2.24, 2.45) is 4.99 Å². The number of amides is 8. The highest BCUT2D eigenvalue weighted by atomic mass is 32.2. The van der Waals surface area contributed by atoms with Crippen molar-refractivity contribution in [1.82, 2.24) is 47.0 Å². The maximum absolute atomic E-state index is 15.3. The second-order valence-electron chi connectivity index (χ2n) is 23.0. The number of thioether (sulfide) groups is 2. The lowest BCUT2D eigenvalue weighted by molar-refractivity contribution is -0.142. The Morgan fingerprint density at radius 3 is 2.01 bits per heavy atom. The number of halogens is 1. The summed E-state index contributed by atoms with van der Waals surface area (Å²) in [7, 11) is 1.57. The second kappa shape index (κ2) is 30.9. The second-order valence-corrected chi connectivity index (χ2v) is 25.2. The highest BCUT2D eigenvalue weighted by Crippen LogP contribution is 2.35. The Bertz CT molecular complexity index is 3370. The molecular formula is C66H79FN10O9S2. The standard InChI is InChI=1S/C66H79FN10O9S2/c1-40-60(79)71-41(2)61(80)73-55(33-47-15-8-14-46-13-5-6-17-52(46)47)63(82)75-57(34-48-36-69-54-24-21-49(67)35-53(48)54)66(85)77-28-10-18-58(77)64(83)72-42(3)62(81)74-56(32-43-19-22-51(86-4)23-20-43)65(84)76-27-9-16-50(76)37-68-26-30-88-39-45-12-7-11-44(31-45)38-87-29-25-59(78)70-40/h5-8,11-15,17,19-24,31,36,40-42,50,55-58,68H,9-10,16,18,25-30,32-35,37-39H2,1-4H3,(H,70,78)(H,71,79)(H,72,83)(H,73,80)(H,74,81)(H,75,82)/t40-,41+,42-,50-,55-,56-,57-,58-/m0/s1. The van der Waals surface area contributed by atoms with Crippen molar-refractivity contribution in [3.8, 4) is 5.75 Å². The van der Waals surface area contributed by atoms with Gasteiger partial charge in [-0.3, -0.25) is 43.3 Å². The van der Waals surface area contributed by atoms with Crippen molar-refractivity contribution in [2.45, 2.75) is 138 Å². The largest absolute Gasteiger partial charge is 0.497 e. The number of ether oxygens (including phenoxy) is 1. The molecule has 0 unspecified atom stereocenters. The number of carbonyl (C=O) groups excluding carboxylic acids is 8. The molecule has 2 saturated heterocycles.